The van der Waals surface area contributed by atoms with Crippen molar-refractivity contribution >= 4 is 17.3 Å². The highest BCUT2D eigenvalue weighted by molar-refractivity contribution is 6.31. The number of rotatable bonds is 5. The molecule has 0 saturated carbocycles. The fourth-order valence-electron chi connectivity index (χ4n) is 2.04. The largest absolute Gasteiger partial charge is 0.298 e. The van der Waals surface area contributed by atoms with Crippen LogP contribution in [-0.4, -0.2) is 16.9 Å². The summed E-state index contributed by atoms with van der Waals surface area (Å²) >= 11 is 6.07. The van der Waals surface area contributed by atoms with Gasteiger partial charge in [-0.2, -0.15) is 0 Å². The molecule has 110 valence electrons. The molecule has 0 saturated heterocycles. The molecule has 0 N–H and O–H groups in total. The number of non-ortho nitro benzene ring substituents is 1. The molecule has 0 bridgehead atoms. The van der Waals surface area contributed by atoms with Gasteiger partial charge in [-0.25, -0.2) is 4.39 Å². The van der Waals surface area contributed by atoms with Crippen LogP contribution < -0.4 is 0 Å². The molecule has 0 amide bonds. The maximum atomic E-state index is 12.8. The second-order valence-electron chi connectivity index (χ2n) is 4.83. The van der Waals surface area contributed by atoms with Crippen molar-refractivity contribution < 1.29 is 9.31 Å². The molecule has 0 aliphatic heterocycles. The van der Waals surface area contributed by atoms with E-state index in [0.717, 1.165) is 5.56 Å². The maximum absolute atomic E-state index is 12.8. The van der Waals surface area contributed by atoms with Crippen molar-refractivity contribution in [2.75, 3.05) is 7.05 Å². The van der Waals surface area contributed by atoms with Gasteiger partial charge in [-0.3, -0.25) is 15.0 Å². The highest BCUT2D eigenvalue weighted by Gasteiger charge is 2.11. The zero-order chi connectivity index (χ0) is 15.4. The van der Waals surface area contributed by atoms with E-state index in [0.29, 0.717) is 23.7 Å². The third kappa shape index (κ3) is 4.24. The van der Waals surface area contributed by atoms with Crippen molar-refractivity contribution in [2.45, 2.75) is 13.1 Å². The summed E-state index contributed by atoms with van der Waals surface area (Å²) < 4.78 is 12.8. The summed E-state index contributed by atoms with van der Waals surface area (Å²) in [7, 11) is 1.87. The Balaban J connectivity index is 2.08. The highest BCUT2D eigenvalue weighted by atomic mass is 35.5. The van der Waals surface area contributed by atoms with Crippen molar-refractivity contribution in [1.82, 2.24) is 4.90 Å². The molecular weight excluding hydrogens is 295 g/mol. The maximum Gasteiger partial charge on any atom is 0.269 e. The Labute approximate surface area is 126 Å². The van der Waals surface area contributed by atoms with E-state index in [1.54, 1.807) is 12.1 Å². The van der Waals surface area contributed by atoms with Crippen molar-refractivity contribution in [3.05, 3.63) is 74.5 Å². The number of nitro benzene ring substituents is 1. The van der Waals surface area contributed by atoms with Crippen LogP contribution in [0.15, 0.2) is 42.5 Å². The number of nitrogens with zero attached hydrogens (tertiary/aromatic N) is 2. The quantitative estimate of drug-likeness (QED) is 0.619. The summed E-state index contributed by atoms with van der Waals surface area (Å²) in [4.78, 5) is 12.3. The highest BCUT2D eigenvalue weighted by Crippen LogP contribution is 2.23. The van der Waals surface area contributed by atoms with Gasteiger partial charge in [0.2, 0.25) is 0 Å². The van der Waals surface area contributed by atoms with Gasteiger partial charge in [0, 0.05) is 30.2 Å². The molecule has 2 rings (SSSR count). The standard InChI is InChI=1S/C15H14ClFN2O2/c1-18(9-11-2-4-13(17)5-3-11)10-12-8-14(19(20)21)6-7-15(12)16/h2-8H,9-10H2,1H3. The second-order valence-corrected chi connectivity index (χ2v) is 5.24. The Bertz CT molecular complexity index is 647. The summed E-state index contributed by atoms with van der Waals surface area (Å²) in [5.74, 6) is -0.275. The molecule has 0 radical (unpaired) electrons. The Morgan fingerprint density at radius 3 is 2.48 bits per heavy atom. The molecule has 6 heteroatoms. The molecule has 0 aromatic heterocycles. The summed E-state index contributed by atoms with van der Waals surface area (Å²) in [6.07, 6.45) is 0. The van der Waals surface area contributed by atoms with Crippen LogP contribution in [0.3, 0.4) is 0 Å². The second kappa shape index (κ2) is 6.65. The van der Waals surface area contributed by atoms with Crippen LogP contribution in [0.2, 0.25) is 5.02 Å². The van der Waals surface area contributed by atoms with Gasteiger partial charge in [0.15, 0.2) is 0 Å². The van der Waals surface area contributed by atoms with Gasteiger partial charge in [-0.1, -0.05) is 23.7 Å². The summed E-state index contributed by atoms with van der Waals surface area (Å²) in [5.41, 5.74) is 1.67. The topological polar surface area (TPSA) is 46.4 Å². The molecule has 0 atom stereocenters. The molecule has 0 aliphatic carbocycles. The van der Waals surface area contributed by atoms with E-state index in [9.17, 15) is 14.5 Å². The average molecular weight is 309 g/mol. The van der Waals surface area contributed by atoms with E-state index in [1.807, 2.05) is 11.9 Å². The van der Waals surface area contributed by atoms with E-state index in [-0.39, 0.29) is 11.5 Å². The van der Waals surface area contributed by atoms with Crippen LogP contribution in [0.1, 0.15) is 11.1 Å². The fourth-order valence-corrected chi connectivity index (χ4v) is 2.22. The molecule has 0 heterocycles. The molecular formula is C15H14ClFN2O2. The third-order valence-electron chi connectivity index (χ3n) is 3.05. The normalized spacial score (nSPS) is 10.9. The van der Waals surface area contributed by atoms with E-state index in [2.05, 4.69) is 0 Å². The van der Waals surface area contributed by atoms with E-state index in [4.69, 9.17) is 11.6 Å². The molecule has 0 spiro atoms. The van der Waals surface area contributed by atoms with Crippen LogP contribution in [0.25, 0.3) is 0 Å². The Kier molecular flexibility index (Phi) is 4.88. The lowest BCUT2D eigenvalue weighted by Crippen LogP contribution is -2.17. The molecule has 0 fully saturated rings. The predicted octanol–water partition coefficient (Wildman–Crippen LogP) is 4.02. The lowest BCUT2D eigenvalue weighted by Gasteiger charge is -2.17. The number of benzene rings is 2. The Morgan fingerprint density at radius 2 is 1.86 bits per heavy atom. The Hall–Kier alpha value is -1.98. The molecule has 2 aromatic carbocycles. The van der Waals surface area contributed by atoms with Crippen LogP contribution in [0.5, 0.6) is 0 Å². The lowest BCUT2D eigenvalue weighted by molar-refractivity contribution is -0.384. The molecule has 0 unspecified atom stereocenters. The van der Waals surface area contributed by atoms with Crippen LogP contribution >= 0.6 is 11.6 Å². The van der Waals surface area contributed by atoms with Crippen molar-refractivity contribution in [3.8, 4) is 0 Å². The number of hydrogen-bond donors (Lipinski definition) is 0. The third-order valence-corrected chi connectivity index (χ3v) is 3.41. The number of halogens is 2. The van der Waals surface area contributed by atoms with Gasteiger partial charge in [0.25, 0.3) is 5.69 Å². The summed E-state index contributed by atoms with van der Waals surface area (Å²) in [6.45, 7) is 1.07. The number of nitro groups is 1. The first kappa shape index (κ1) is 15.4. The van der Waals surface area contributed by atoms with E-state index in [1.165, 1.54) is 30.3 Å². The zero-order valence-corrected chi connectivity index (χ0v) is 12.2. The number of hydrogen-bond acceptors (Lipinski definition) is 3. The van der Waals surface area contributed by atoms with Gasteiger partial charge in [-0.05, 0) is 36.4 Å². The summed E-state index contributed by atoms with van der Waals surface area (Å²) in [6, 6.07) is 10.6. The van der Waals surface area contributed by atoms with Crippen molar-refractivity contribution in [1.29, 1.82) is 0 Å². The van der Waals surface area contributed by atoms with Gasteiger partial charge < -0.3 is 0 Å². The first-order valence-corrected chi connectivity index (χ1v) is 6.69. The summed E-state index contributed by atoms with van der Waals surface area (Å²) in [5, 5.41) is 11.3. The minimum absolute atomic E-state index is 0.0181. The first-order chi connectivity index (χ1) is 9.95. The lowest BCUT2D eigenvalue weighted by atomic mass is 10.1. The monoisotopic (exact) mass is 308 g/mol. The Morgan fingerprint density at radius 1 is 1.19 bits per heavy atom. The fraction of sp³-hybridized carbons (Fsp3) is 0.200. The van der Waals surface area contributed by atoms with Gasteiger partial charge >= 0.3 is 0 Å². The molecule has 4 nitrogen and oxygen atoms in total. The van der Waals surface area contributed by atoms with Crippen molar-refractivity contribution in [3.63, 3.8) is 0 Å². The van der Waals surface area contributed by atoms with Gasteiger partial charge in [0.1, 0.15) is 5.82 Å². The molecule has 0 aliphatic rings. The smallest absolute Gasteiger partial charge is 0.269 e. The minimum atomic E-state index is -0.445. The SMILES string of the molecule is CN(Cc1ccc(F)cc1)Cc1cc([N+](=O)[O-])ccc1Cl. The van der Waals surface area contributed by atoms with Crippen LogP contribution in [0, 0.1) is 15.9 Å². The zero-order valence-electron chi connectivity index (χ0n) is 11.4. The van der Waals surface area contributed by atoms with Crippen molar-refractivity contribution in [2.24, 2.45) is 0 Å². The van der Waals surface area contributed by atoms with Gasteiger partial charge in [0.05, 0.1) is 4.92 Å². The van der Waals surface area contributed by atoms with Crippen LogP contribution in [0.4, 0.5) is 10.1 Å². The van der Waals surface area contributed by atoms with E-state index >= 15 is 0 Å². The van der Waals surface area contributed by atoms with E-state index < -0.39 is 4.92 Å². The predicted molar refractivity (Wildman–Crippen MR) is 79.7 cm³/mol. The van der Waals surface area contributed by atoms with Crippen LogP contribution in [-0.2, 0) is 13.1 Å². The first-order valence-electron chi connectivity index (χ1n) is 6.31. The van der Waals surface area contributed by atoms with Gasteiger partial charge in [-0.15, -0.1) is 0 Å². The molecule has 21 heavy (non-hydrogen) atoms. The molecule has 2 aromatic rings. The minimum Gasteiger partial charge on any atom is -0.298 e. The average Bonchev–Trinajstić information content (AvgIpc) is 2.43.